The van der Waals surface area contributed by atoms with Crippen LogP contribution >= 0.6 is 0 Å². The third-order valence-corrected chi connectivity index (χ3v) is 2.25. The second-order valence-electron chi connectivity index (χ2n) is 4.46. The van der Waals surface area contributed by atoms with Crippen molar-refractivity contribution in [1.82, 2.24) is 10.6 Å². The van der Waals surface area contributed by atoms with E-state index in [4.69, 9.17) is 5.26 Å². The van der Waals surface area contributed by atoms with Gasteiger partial charge >= 0.3 is 0 Å². The molecule has 86 valence electrons. The molecule has 1 amide bonds. The third kappa shape index (κ3) is 6.92. The predicted molar refractivity (Wildman–Crippen MR) is 60.2 cm³/mol. The second-order valence-corrected chi connectivity index (χ2v) is 4.46. The maximum atomic E-state index is 11.3. The largest absolute Gasteiger partial charge is 0.353 e. The minimum Gasteiger partial charge on any atom is -0.353 e. The lowest BCUT2D eigenvalue weighted by atomic mass is 9.96. The van der Waals surface area contributed by atoms with Crippen LogP contribution in [0.5, 0.6) is 0 Å². The van der Waals surface area contributed by atoms with Crippen LogP contribution in [0.25, 0.3) is 0 Å². The van der Waals surface area contributed by atoms with Crippen LogP contribution in [0.1, 0.15) is 34.1 Å². The molecule has 0 aromatic heterocycles. The molecule has 0 fully saturated rings. The van der Waals surface area contributed by atoms with E-state index in [1.807, 2.05) is 6.92 Å². The van der Waals surface area contributed by atoms with Gasteiger partial charge in [-0.2, -0.15) is 5.26 Å². The number of nitrogens with zero attached hydrogens (tertiary/aromatic N) is 1. The van der Waals surface area contributed by atoms with Gasteiger partial charge in [-0.25, -0.2) is 0 Å². The number of hydrogen-bond donors (Lipinski definition) is 2. The summed E-state index contributed by atoms with van der Waals surface area (Å²) < 4.78 is 0. The van der Waals surface area contributed by atoms with Crippen LogP contribution in [-0.2, 0) is 4.79 Å². The van der Waals surface area contributed by atoms with Gasteiger partial charge in [0.05, 0.1) is 18.0 Å². The van der Waals surface area contributed by atoms with Crippen LogP contribution in [-0.4, -0.2) is 25.0 Å². The van der Waals surface area contributed by atoms with Crippen LogP contribution in [0.15, 0.2) is 0 Å². The highest BCUT2D eigenvalue weighted by molar-refractivity contribution is 5.78. The van der Waals surface area contributed by atoms with E-state index in [0.717, 1.165) is 6.42 Å². The average Bonchev–Trinajstić information content (AvgIpc) is 2.23. The molecule has 0 saturated carbocycles. The highest BCUT2D eigenvalue weighted by Gasteiger charge is 2.17. The van der Waals surface area contributed by atoms with Crippen LogP contribution in [0.2, 0.25) is 0 Å². The highest BCUT2D eigenvalue weighted by Crippen LogP contribution is 2.10. The maximum Gasteiger partial charge on any atom is 0.234 e. The van der Waals surface area contributed by atoms with Crippen molar-refractivity contribution in [3.63, 3.8) is 0 Å². The topological polar surface area (TPSA) is 64.9 Å². The van der Waals surface area contributed by atoms with Gasteiger partial charge in [0.25, 0.3) is 0 Å². The molecule has 0 aliphatic heterocycles. The van der Waals surface area contributed by atoms with Crippen molar-refractivity contribution < 1.29 is 4.79 Å². The Morgan fingerprint density at radius 2 is 2.13 bits per heavy atom. The smallest absolute Gasteiger partial charge is 0.234 e. The summed E-state index contributed by atoms with van der Waals surface area (Å²) in [6.45, 7) is 8.41. The average molecular weight is 211 g/mol. The number of rotatable bonds is 6. The van der Waals surface area contributed by atoms with Gasteiger partial charge in [-0.1, -0.05) is 6.92 Å². The summed E-state index contributed by atoms with van der Waals surface area (Å²) in [5, 5.41) is 14.6. The van der Waals surface area contributed by atoms with Crippen molar-refractivity contribution in [2.75, 3.05) is 13.1 Å². The molecule has 0 aliphatic rings. The molecule has 0 saturated heterocycles. The summed E-state index contributed by atoms with van der Waals surface area (Å²) >= 11 is 0. The van der Waals surface area contributed by atoms with Gasteiger partial charge in [-0.15, -0.1) is 0 Å². The molecule has 0 radical (unpaired) electrons. The standard InChI is InChI=1S/C11H21N3O/c1-5-9(2)13-6-10(15)14-8-11(3,4)7-12/h9,13H,5-6,8H2,1-4H3,(H,14,15). The number of hydrogen-bond acceptors (Lipinski definition) is 3. The fourth-order valence-corrected chi connectivity index (χ4v) is 0.833. The number of carbonyl (C=O) groups is 1. The molecule has 15 heavy (non-hydrogen) atoms. The Kier molecular flexibility index (Phi) is 5.95. The second kappa shape index (κ2) is 6.41. The molecule has 2 N–H and O–H groups in total. The van der Waals surface area contributed by atoms with Crippen LogP contribution in [0, 0.1) is 16.7 Å². The van der Waals surface area contributed by atoms with Crippen molar-refractivity contribution in [2.45, 2.75) is 40.2 Å². The molecule has 0 aromatic rings. The van der Waals surface area contributed by atoms with E-state index < -0.39 is 5.41 Å². The molecule has 0 spiro atoms. The van der Waals surface area contributed by atoms with Crippen LogP contribution < -0.4 is 10.6 Å². The van der Waals surface area contributed by atoms with Gasteiger partial charge in [-0.3, -0.25) is 4.79 Å². The monoisotopic (exact) mass is 211 g/mol. The quantitative estimate of drug-likeness (QED) is 0.690. The molecule has 0 aliphatic carbocycles. The van der Waals surface area contributed by atoms with E-state index in [0.29, 0.717) is 19.1 Å². The lowest BCUT2D eigenvalue weighted by Crippen LogP contribution is -2.41. The number of amides is 1. The fourth-order valence-electron chi connectivity index (χ4n) is 0.833. The first-order valence-corrected chi connectivity index (χ1v) is 5.32. The molecule has 1 unspecified atom stereocenters. The number of nitriles is 1. The molecule has 4 nitrogen and oxygen atoms in total. The Labute approximate surface area is 92.0 Å². The normalized spacial score (nSPS) is 13.0. The van der Waals surface area contributed by atoms with Gasteiger partial charge in [0, 0.05) is 12.6 Å². The summed E-state index contributed by atoms with van der Waals surface area (Å²) in [5.74, 6) is -0.0568. The summed E-state index contributed by atoms with van der Waals surface area (Å²) in [6.07, 6.45) is 0.997. The van der Waals surface area contributed by atoms with E-state index in [1.165, 1.54) is 0 Å². The van der Waals surface area contributed by atoms with E-state index >= 15 is 0 Å². The zero-order chi connectivity index (χ0) is 11.9. The fraction of sp³-hybridized carbons (Fsp3) is 0.818. The molecular weight excluding hydrogens is 190 g/mol. The highest BCUT2D eigenvalue weighted by atomic mass is 16.1. The number of nitrogens with one attached hydrogen (secondary N) is 2. The Morgan fingerprint density at radius 1 is 1.53 bits per heavy atom. The van der Waals surface area contributed by atoms with Crippen molar-refractivity contribution >= 4 is 5.91 Å². The van der Waals surface area contributed by atoms with E-state index in [-0.39, 0.29) is 5.91 Å². The Morgan fingerprint density at radius 3 is 2.60 bits per heavy atom. The third-order valence-electron chi connectivity index (χ3n) is 2.25. The van der Waals surface area contributed by atoms with Crippen molar-refractivity contribution in [3.8, 4) is 6.07 Å². The van der Waals surface area contributed by atoms with Crippen LogP contribution in [0.4, 0.5) is 0 Å². The number of carbonyl (C=O) groups excluding carboxylic acids is 1. The summed E-state index contributed by atoms with van der Waals surface area (Å²) in [5.41, 5.74) is -0.494. The summed E-state index contributed by atoms with van der Waals surface area (Å²) in [7, 11) is 0. The van der Waals surface area contributed by atoms with Gasteiger partial charge in [-0.05, 0) is 27.2 Å². The van der Waals surface area contributed by atoms with Gasteiger partial charge in [0.2, 0.25) is 5.91 Å². The van der Waals surface area contributed by atoms with Crippen molar-refractivity contribution in [3.05, 3.63) is 0 Å². The van der Waals surface area contributed by atoms with Crippen molar-refractivity contribution in [1.29, 1.82) is 5.26 Å². The van der Waals surface area contributed by atoms with E-state index in [9.17, 15) is 4.79 Å². The summed E-state index contributed by atoms with van der Waals surface area (Å²) in [4.78, 5) is 11.3. The van der Waals surface area contributed by atoms with E-state index in [1.54, 1.807) is 13.8 Å². The minimum absolute atomic E-state index is 0.0568. The SMILES string of the molecule is CCC(C)NCC(=O)NCC(C)(C)C#N. The molecule has 1 atom stereocenters. The Balaban J connectivity index is 3.73. The van der Waals surface area contributed by atoms with Gasteiger partial charge in [0.1, 0.15) is 0 Å². The first-order valence-electron chi connectivity index (χ1n) is 5.32. The predicted octanol–water partition coefficient (Wildman–Crippen LogP) is 1.04. The first-order chi connectivity index (χ1) is 6.91. The van der Waals surface area contributed by atoms with Crippen molar-refractivity contribution in [2.24, 2.45) is 5.41 Å². The lowest BCUT2D eigenvalue weighted by Gasteiger charge is -2.16. The molecule has 0 bridgehead atoms. The zero-order valence-electron chi connectivity index (χ0n) is 10.1. The van der Waals surface area contributed by atoms with Gasteiger partial charge in [0.15, 0.2) is 0 Å². The Bertz CT molecular complexity index is 243. The van der Waals surface area contributed by atoms with E-state index in [2.05, 4.69) is 23.6 Å². The van der Waals surface area contributed by atoms with Gasteiger partial charge < -0.3 is 10.6 Å². The Hall–Kier alpha value is -1.08. The summed E-state index contributed by atoms with van der Waals surface area (Å²) in [6, 6.07) is 2.48. The maximum absolute atomic E-state index is 11.3. The molecular formula is C11H21N3O. The van der Waals surface area contributed by atoms with Crippen LogP contribution in [0.3, 0.4) is 0 Å². The molecule has 0 rings (SSSR count). The molecule has 0 aromatic carbocycles. The lowest BCUT2D eigenvalue weighted by molar-refractivity contribution is -0.120. The first kappa shape index (κ1) is 13.9. The molecule has 4 heteroatoms. The minimum atomic E-state index is -0.494. The zero-order valence-corrected chi connectivity index (χ0v) is 10.1. The molecule has 0 heterocycles.